The first-order valence-corrected chi connectivity index (χ1v) is 19.9. The van der Waals surface area contributed by atoms with Crippen LogP contribution in [-0.4, -0.2) is 75.5 Å². The standard InChI is InChI=1S/C41H75NO7/c1-6-8-10-12-14-16-18-19-20-22-24-26-28-30-32-40(44)49-37(35-47-34-33-38(41(45)46)42(3,4)5)36-48-39(43)31-29-27-25-23-21-17-15-13-11-9-7-2/h12,14,18-19,37-38H,6-11,13,15-17,20-36H2,1-5H3/b14-12-,19-18-. The van der Waals surface area contributed by atoms with E-state index in [2.05, 4.69) is 38.2 Å². The Morgan fingerprint density at radius 3 is 1.63 bits per heavy atom. The summed E-state index contributed by atoms with van der Waals surface area (Å²) in [6.07, 6.45) is 33.4. The molecule has 0 amide bonds. The van der Waals surface area contributed by atoms with Crippen molar-refractivity contribution in [3.05, 3.63) is 24.3 Å². The van der Waals surface area contributed by atoms with Crippen molar-refractivity contribution in [2.24, 2.45) is 0 Å². The first kappa shape index (κ1) is 46.8. The molecule has 286 valence electrons. The summed E-state index contributed by atoms with van der Waals surface area (Å²) in [4.78, 5) is 36.6. The van der Waals surface area contributed by atoms with Crippen molar-refractivity contribution < 1.29 is 38.2 Å². The zero-order valence-corrected chi connectivity index (χ0v) is 32.4. The number of ether oxygens (including phenoxy) is 3. The van der Waals surface area contributed by atoms with E-state index in [1.54, 1.807) is 21.1 Å². The SMILES string of the molecule is CCCC/C=C\C/C=C\CCCCCCCC(=O)OC(COCCC(C(=O)[O-])[N+](C)(C)C)COC(=O)CCCCCCCCCCCCC. The molecule has 0 spiro atoms. The normalized spacial score (nSPS) is 13.2. The highest BCUT2D eigenvalue weighted by molar-refractivity contribution is 5.70. The minimum absolute atomic E-state index is 0.0381. The first-order valence-electron chi connectivity index (χ1n) is 19.9. The van der Waals surface area contributed by atoms with E-state index in [1.807, 2.05) is 0 Å². The lowest BCUT2D eigenvalue weighted by Gasteiger charge is -2.34. The number of carboxylic acids is 1. The Balaban J connectivity index is 4.43. The smallest absolute Gasteiger partial charge is 0.306 e. The van der Waals surface area contributed by atoms with Crippen LogP contribution in [0.2, 0.25) is 0 Å². The molecule has 2 unspecified atom stereocenters. The van der Waals surface area contributed by atoms with Crippen LogP contribution in [0.25, 0.3) is 0 Å². The molecule has 0 fully saturated rings. The fourth-order valence-electron chi connectivity index (χ4n) is 5.67. The summed E-state index contributed by atoms with van der Waals surface area (Å²) >= 11 is 0. The Kier molecular flexibility index (Phi) is 31.5. The molecule has 0 N–H and O–H groups in total. The predicted octanol–water partition coefficient (Wildman–Crippen LogP) is 8.80. The molecule has 0 aliphatic heterocycles. The fraction of sp³-hybridized carbons (Fsp3) is 0.829. The number of nitrogens with zero attached hydrogens (tertiary/aromatic N) is 1. The van der Waals surface area contributed by atoms with Gasteiger partial charge in [-0.05, 0) is 38.5 Å². The third kappa shape index (κ3) is 31.5. The quantitative estimate of drug-likeness (QED) is 0.0283. The van der Waals surface area contributed by atoms with Gasteiger partial charge in [0.15, 0.2) is 6.10 Å². The predicted molar refractivity (Wildman–Crippen MR) is 199 cm³/mol. The van der Waals surface area contributed by atoms with Crippen LogP contribution in [0.3, 0.4) is 0 Å². The minimum Gasteiger partial charge on any atom is -0.544 e. The van der Waals surface area contributed by atoms with Crippen molar-refractivity contribution in [2.45, 2.75) is 180 Å². The Hall–Kier alpha value is -2.19. The maximum atomic E-state index is 12.6. The zero-order chi connectivity index (χ0) is 36.4. The van der Waals surface area contributed by atoms with Gasteiger partial charge in [-0.15, -0.1) is 0 Å². The lowest BCUT2D eigenvalue weighted by molar-refractivity contribution is -0.889. The molecule has 0 aliphatic rings. The molecule has 0 saturated carbocycles. The molecular formula is C41H75NO7. The molecule has 0 aromatic carbocycles. The second kappa shape index (κ2) is 33.0. The van der Waals surface area contributed by atoms with E-state index >= 15 is 0 Å². The van der Waals surface area contributed by atoms with Gasteiger partial charge in [0.05, 0.1) is 40.3 Å². The van der Waals surface area contributed by atoms with Gasteiger partial charge in [-0.2, -0.15) is 0 Å². The molecular weight excluding hydrogens is 618 g/mol. The number of carbonyl (C=O) groups excluding carboxylic acids is 3. The van der Waals surface area contributed by atoms with Crippen molar-refractivity contribution >= 4 is 17.9 Å². The molecule has 8 heteroatoms. The minimum atomic E-state index is -1.13. The van der Waals surface area contributed by atoms with Crippen LogP contribution in [0, 0.1) is 0 Å². The van der Waals surface area contributed by atoms with E-state index in [0.29, 0.717) is 12.8 Å². The number of rotatable bonds is 35. The maximum Gasteiger partial charge on any atom is 0.306 e. The summed E-state index contributed by atoms with van der Waals surface area (Å²) in [6.45, 7) is 4.59. The number of allylic oxidation sites excluding steroid dienone is 4. The number of quaternary nitrogens is 1. The van der Waals surface area contributed by atoms with Crippen molar-refractivity contribution in [1.29, 1.82) is 0 Å². The van der Waals surface area contributed by atoms with E-state index in [0.717, 1.165) is 64.2 Å². The lowest BCUT2D eigenvalue weighted by Crippen LogP contribution is -2.55. The zero-order valence-electron chi connectivity index (χ0n) is 32.4. The van der Waals surface area contributed by atoms with Gasteiger partial charge in [-0.25, -0.2) is 0 Å². The van der Waals surface area contributed by atoms with E-state index in [9.17, 15) is 19.5 Å². The van der Waals surface area contributed by atoms with E-state index in [-0.39, 0.29) is 42.7 Å². The van der Waals surface area contributed by atoms with Gasteiger partial charge in [-0.1, -0.05) is 134 Å². The van der Waals surface area contributed by atoms with Crippen LogP contribution in [-0.2, 0) is 28.6 Å². The molecule has 0 aliphatic carbocycles. The molecule has 0 aromatic rings. The number of carboxylic acid groups (broad SMARTS) is 1. The van der Waals surface area contributed by atoms with Gasteiger partial charge in [0, 0.05) is 19.3 Å². The number of esters is 2. The lowest BCUT2D eigenvalue weighted by atomic mass is 10.1. The number of unbranched alkanes of at least 4 members (excludes halogenated alkanes) is 17. The van der Waals surface area contributed by atoms with Crippen molar-refractivity contribution in [3.63, 3.8) is 0 Å². The molecule has 49 heavy (non-hydrogen) atoms. The fourth-order valence-corrected chi connectivity index (χ4v) is 5.67. The van der Waals surface area contributed by atoms with Gasteiger partial charge in [0.1, 0.15) is 12.6 Å². The molecule has 0 saturated heterocycles. The summed E-state index contributed by atoms with van der Waals surface area (Å²) in [5.41, 5.74) is 0. The summed E-state index contributed by atoms with van der Waals surface area (Å²) < 4.78 is 17.1. The van der Waals surface area contributed by atoms with Gasteiger partial charge in [-0.3, -0.25) is 9.59 Å². The molecule has 8 nitrogen and oxygen atoms in total. The van der Waals surface area contributed by atoms with Crippen LogP contribution in [0.5, 0.6) is 0 Å². The summed E-state index contributed by atoms with van der Waals surface area (Å²) in [7, 11) is 5.39. The second-order valence-corrected chi connectivity index (χ2v) is 14.5. The monoisotopic (exact) mass is 694 g/mol. The van der Waals surface area contributed by atoms with Gasteiger partial charge in [0.25, 0.3) is 0 Å². The molecule has 0 heterocycles. The maximum absolute atomic E-state index is 12.6. The Labute approximate surface area is 301 Å². The Morgan fingerprint density at radius 2 is 1.10 bits per heavy atom. The molecule has 0 bridgehead atoms. The number of aliphatic carboxylic acids is 1. The van der Waals surface area contributed by atoms with Crippen molar-refractivity contribution in [3.8, 4) is 0 Å². The average Bonchev–Trinajstić information content (AvgIpc) is 3.05. The van der Waals surface area contributed by atoms with Crippen LogP contribution >= 0.6 is 0 Å². The van der Waals surface area contributed by atoms with Gasteiger partial charge in [0.2, 0.25) is 0 Å². The largest absolute Gasteiger partial charge is 0.544 e. The van der Waals surface area contributed by atoms with Crippen LogP contribution in [0.15, 0.2) is 24.3 Å². The highest BCUT2D eigenvalue weighted by Gasteiger charge is 2.25. The number of carbonyl (C=O) groups is 3. The van der Waals surface area contributed by atoms with Crippen LogP contribution < -0.4 is 5.11 Å². The first-order chi connectivity index (χ1) is 23.6. The number of hydrogen-bond acceptors (Lipinski definition) is 7. The summed E-state index contributed by atoms with van der Waals surface area (Å²) in [5.74, 6) is -1.75. The Bertz CT molecular complexity index is 864. The van der Waals surface area contributed by atoms with Crippen molar-refractivity contribution in [2.75, 3.05) is 41.0 Å². The highest BCUT2D eigenvalue weighted by atomic mass is 16.6. The number of hydrogen-bond donors (Lipinski definition) is 0. The Morgan fingerprint density at radius 1 is 0.612 bits per heavy atom. The van der Waals surface area contributed by atoms with E-state index < -0.39 is 18.1 Å². The van der Waals surface area contributed by atoms with Crippen LogP contribution in [0.1, 0.15) is 168 Å². The average molecular weight is 694 g/mol. The van der Waals surface area contributed by atoms with E-state index in [4.69, 9.17) is 14.2 Å². The van der Waals surface area contributed by atoms with Gasteiger partial charge < -0.3 is 28.6 Å². The second-order valence-electron chi connectivity index (χ2n) is 14.5. The molecule has 0 radical (unpaired) electrons. The van der Waals surface area contributed by atoms with Gasteiger partial charge >= 0.3 is 11.9 Å². The molecule has 0 rings (SSSR count). The molecule has 0 aromatic heterocycles. The topological polar surface area (TPSA) is 102 Å². The third-order valence-electron chi connectivity index (χ3n) is 8.84. The van der Waals surface area contributed by atoms with E-state index in [1.165, 1.54) is 70.6 Å². The van der Waals surface area contributed by atoms with Crippen LogP contribution in [0.4, 0.5) is 0 Å². The summed E-state index contributed by atoms with van der Waals surface area (Å²) in [6, 6.07) is -0.724. The summed E-state index contributed by atoms with van der Waals surface area (Å²) in [5, 5.41) is 11.6. The third-order valence-corrected chi connectivity index (χ3v) is 8.84. The number of likely N-dealkylation sites (N-methyl/N-ethyl adjacent to an activating group) is 1. The van der Waals surface area contributed by atoms with Crippen molar-refractivity contribution in [1.82, 2.24) is 0 Å². The highest BCUT2D eigenvalue weighted by Crippen LogP contribution is 2.14. The molecule has 2 atom stereocenters.